The van der Waals surface area contributed by atoms with Crippen molar-refractivity contribution in [1.82, 2.24) is 9.71 Å². The molecule has 1 atom stereocenters. The number of hydrogen-bond donors (Lipinski definition) is 2. The van der Waals surface area contributed by atoms with Crippen molar-refractivity contribution >= 4 is 15.8 Å². The number of carbonyl (C=O) groups is 1. The summed E-state index contributed by atoms with van der Waals surface area (Å²) in [6, 6.07) is 17.1. The number of nitrogens with zero attached hydrogens (tertiary/aromatic N) is 1. The minimum atomic E-state index is -3.77. The molecule has 194 valence electrons. The van der Waals surface area contributed by atoms with Gasteiger partial charge in [-0.25, -0.2) is 13.1 Å². The van der Waals surface area contributed by atoms with E-state index in [1.165, 1.54) is 12.1 Å². The summed E-state index contributed by atoms with van der Waals surface area (Å²) in [4.78, 5) is 18.2. The molecule has 1 fully saturated rings. The molecular weight excluding hydrogens is 492 g/mol. The fourth-order valence-electron chi connectivity index (χ4n) is 4.58. The van der Waals surface area contributed by atoms with Crippen LogP contribution in [0.3, 0.4) is 0 Å². The molecule has 37 heavy (non-hydrogen) atoms. The van der Waals surface area contributed by atoms with E-state index in [1.54, 1.807) is 12.1 Å². The summed E-state index contributed by atoms with van der Waals surface area (Å²) in [6.45, 7) is 3.60. The van der Waals surface area contributed by atoms with Crippen LogP contribution < -0.4 is 14.2 Å². The first-order chi connectivity index (χ1) is 17.7. The molecule has 0 bridgehead atoms. The minimum absolute atomic E-state index is 0.0477. The van der Waals surface area contributed by atoms with Crippen LogP contribution in [0.15, 0.2) is 65.6 Å². The zero-order chi connectivity index (χ0) is 26.2. The lowest BCUT2D eigenvalue weighted by Gasteiger charge is -2.19. The van der Waals surface area contributed by atoms with Gasteiger partial charge < -0.3 is 14.6 Å². The van der Waals surface area contributed by atoms with Crippen molar-refractivity contribution in [1.29, 1.82) is 0 Å². The number of fused-ring (bicyclic) bond motifs is 1. The summed E-state index contributed by atoms with van der Waals surface area (Å²) in [5, 5.41) is 9.47. The Morgan fingerprint density at radius 1 is 1.05 bits per heavy atom. The van der Waals surface area contributed by atoms with E-state index in [0.717, 1.165) is 24.0 Å². The molecule has 8 nitrogen and oxygen atoms in total. The summed E-state index contributed by atoms with van der Waals surface area (Å²) in [7, 11) is -3.77. The number of aliphatic hydroxyl groups excluding tert-OH is 1. The lowest BCUT2D eigenvalue weighted by atomic mass is 9.88. The molecule has 0 spiro atoms. The van der Waals surface area contributed by atoms with Gasteiger partial charge in [-0.15, -0.1) is 0 Å². The Labute approximate surface area is 216 Å². The van der Waals surface area contributed by atoms with E-state index in [-0.39, 0.29) is 36.4 Å². The smallest absolute Gasteiger partial charge is 0.240 e. The van der Waals surface area contributed by atoms with Crippen molar-refractivity contribution in [2.45, 2.75) is 49.5 Å². The second-order valence-corrected chi connectivity index (χ2v) is 11.7. The molecule has 1 aliphatic carbocycles. The summed E-state index contributed by atoms with van der Waals surface area (Å²) in [5.74, 6) is 1.44. The number of aliphatic hydroxyl groups is 1. The van der Waals surface area contributed by atoms with Crippen LogP contribution in [0, 0.1) is 5.92 Å². The molecular formula is C28H30N2O6S. The fraction of sp³-hybridized carbons (Fsp3) is 0.357. The van der Waals surface area contributed by atoms with E-state index in [4.69, 9.17) is 9.47 Å². The van der Waals surface area contributed by atoms with Gasteiger partial charge in [-0.1, -0.05) is 38.1 Å². The molecule has 9 heteroatoms. The number of hydrogen-bond acceptors (Lipinski definition) is 7. The molecule has 2 aromatic carbocycles. The average Bonchev–Trinajstić information content (AvgIpc) is 3.58. The highest BCUT2D eigenvalue weighted by Gasteiger charge is 2.51. The Balaban J connectivity index is 1.31. The van der Waals surface area contributed by atoms with Gasteiger partial charge >= 0.3 is 0 Å². The SMILES string of the molecule is CC(C)[C@H](CO)NS(=O)(=O)c1ccc(-c2cccc(CC(=O)C3(c4ccc5c(c4)OCO5)CC3)n2)cc1. The zero-order valence-electron chi connectivity index (χ0n) is 20.8. The van der Waals surface area contributed by atoms with Gasteiger partial charge in [0.2, 0.25) is 16.8 Å². The first kappa shape index (κ1) is 25.4. The minimum Gasteiger partial charge on any atom is -0.454 e. The van der Waals surface area contributed by atoms with Crippen molar-refractivity contribution < 1.29 is 27.8 Å². The van der Waals surface area contributed by atoms with Crippen molar-refractivity contribution in [3.63, 3.8) is 0 Å². The first-order valence-corrected chi connectivity index (χ1v) is 13.8. The Morgan fingerprint density at radius 2 is 1.78 bits per heavy atom. The van der Waals surface area contributed by atoms with Crippen molar-refractivity contribution in [2.24, 2.45) is 5.92 Å². The van der Waals surface area contributed by atoms with E-state index in [0.29, 0.717) is 22.9 Å². The third-order valence-corrected chi connectivity index (χ3v) is 8.63. The highest BCUT2D eigenvalue weighted by atomic mass is 32.2. The second-order valence-electron chi connectivity index (χ2n) is 9.94. The molecule has 2 N–H and O–H groups in total. The topological polar surface area (TPSA) is 115 Å². The van der Waals surface area contributed by atoms with E-state index >= 15 is 0 Å². The van der Waals surface area contributed by atoms with Crippen LogP contribution in [0.1, 0.15) is 37.9 Å². The number of benzene rings is 2. The van der Waals surface area contributed by atoms with Crippen LogP contribution in [0.25, 0.3) is 11.3 Å². The Kier molecular flexibility index (Phi) is 6.78. The summed E-state index contributed by atoms with van der Waals surface area (Å²) < 4.78 is 38.9. The quantitative estimate of drug-likeness (QED) is 0.418. The normalized spacial score (nSPS) is 16.5. The number of Topliss-reactive ketones (excluding diaryl/α,β-unsaturated/α-hetero) is 1. The Bertz CT molecular complexity index is 1410. The molecule has 2 heterocycles. The number of ether oxygens (including phenoxy) is 2. The highest BCUT2D eigenvalue weighted by molar-refractivity contribution is 7.89. The molecule has 1 aliphatic heterocycles. The number of sulfonamides is 1. The summed E-state index contributed by atoms with van der Waals surface area (Å²) in [6.07, 6.45) is 1.79. The number of pyridine rings is 1. The van der Waals surface area contributed by atoms with Crippen LogP contribution >= 0.6 is 0 Å². The van der Waals surface area contributed by atoms with Gasteiger partial charge in [0, 0.05) is 23.7 Å². The van der Waals surface area contributed by atoms with Crippen molar-refractivity contribution in [3.05, 3.63) is 71.9 Å². The van der Waals surface area contributed by atoms with Gasteiger partial charge in [0.05, 0.1) is 22.6 Å². The van der Waals surface area contributed by atoms with E-state index in [9.17, 15) is 18.3 Å². The molecule has 1 saturated carbocycles. The van der Waals surface area contributed by atoms with Crippen LogP contribution in [0.4, 0.5) is 0 Å². The molecule has 1 aromatic heterocycles. The number of carbonyl (C=O) groups excluding carboxylic acids is 1. The zero-order valence-corrected chi connectivity index (χ0v) is 21.6. The molecule has 0 radical (unpaired) electrons. The molecule has 2 aliphatic rings. The second kappa shape index (κ2) is 9.89. The standard InChI is InChI=1S/C28H30N2O6S/c1-18(2)24(16-31)30-37(33,34)22-9-6-19(7-10-22)23-5-3-4-21(29-23)15-27(32)28(12-13-28)20-8-11-25-26(14-20)36-17-35-25/h3-11,14,18,24,30-31H,12-13,15-17H2,1-2H3/t24-/m0/s1. The maximum atomic E-state index is 13.4. The van der Waals surface area contributed by atoms with E-state index < -0.39 is 21.5 Å². The van der Waals surface area contributed by atoms with Crippen LogP contribution in [0.2, 0.25) is 0 Å². The van der Waals surface area contributed by atoms with Crippen molar-refractivity contribution in [2.75, 3.05) is 13.4 Å². The van der Waals surface area contributed by atoms with E-state index in [2.05, 4.69) is 9.71 Å². The number of nitrogens with one attached hydrogen (secondary N) is 1. The maximum Gasteiger partial charge on any atom is 0.240 e. The monoisotopic (exact) mass is 522 g/mol. The van der Waals surface area contributed by atoms with Crippen LogP contribution in [-0.2, 0) is 26.7 Å². The molecule has 0 amide bonds. The number of rotatable bonds is 10. The third-order valence-electron chi connectivity index (χ3n) is 7.13. The summed E-state index contributed by atoms with van der Waals surface area (Å²) >= 11 is 0. The predicted octanol–water partition coefficient (Wildman–Crippen LogP) is 3.62. The van der Waals surface area contributed by atoms with Gasteiger partial charge in [-0.3, -0.25) is 9.78 Å². The van der Waals surface area contributed by atoms with Gasteiger partial charge in [0.25, 0.3) is 0 Å². The lowest BCUT2D eigenvalue weighted by molar-refractivity contribution is -0.120. The molecule has 0 saturated heterocycles. The highest BCUT2D eigenvalue weighted by Crippen LogP contribution is 2.51. The third kappa shape index (κ3) is 5.12. The van der Waals surface area contributed by atoms with Crippen LogP contribution in [-0.4, -0.2) is 43.7 Å². The molecule has 0 unspecified atom stereocenters. The van der Waals surface area contributed by atoms with Gasteiger partial charge in [0.1, 0.15) is 5.78 Å². The molecule has 3 aromatic rings. The fourth-order valence-corrected chi connectivity index (χ4v) is 5.95. The maximum absolute atomic E-state index is 13.4. The van der Waals surface area contributed by atoms with Crippen molar-refractivity contribution in [3.8, 4) is 22.8 Å². The molecule has 5 rings (SSSR count). The Hall–Kier alpha value is -3.27. The summed E-state index contributed by atoms with van der Waals surface area (Å²) in [5.41, 5.74) is 2.50. The van der Waals surface area contributed by atoms with E-state index in [1.807, 2.05) is 50.2 Å². The van der Waals surface area contributed by atoms with Crippen LogP contribution in [0.5, 0.6) is 11.5 Å². The number of ketones is 1. The largest absolute Gasteiger partial charge is 0.454 e. The first-order valence-electron chi connectivity index (χ1n) is 12.3. The van der Waals surface area contributed by atoms with Gasteiger partial charge in [0.15, 0.2) is 11.5 Å². The number of aromatic nitrogens is 1. The lowest BCUT2D eigenvalue weighted by Crippen LogP contribution is -2.41. The average molecular weight is 523 g/mol. The predicted molar refractivity (Wildman–Crippen MR) is 138 cm³/mol. The van der Waals surface area contributed by atoms with Gasteiger partial charge in [-0.05, 0) is 60.7 Å². The van der Waals surface area contributed by atoms with Gasteiger partial charge in [-0.2, -0.15) is 0 Å². The Morgan fingerprint density at radius 3 is 2.46 bits per heavy atom.